The van der Waals surface area contributed by atoms with Gasteiger partial charge >= 0.3 is 6.09 Å². The number of alkyl carbamates (subject to hydrolysis) is 1. The summed E-state index contributed by atoms with van der Waals surface area (Å²) in [6.45, 7) is 9.63. The number of nitrogens with zero attached hydrogens (tertiary/aromatic N) is 1. The van der Waals surface area contributed by atoms with E-state index in [1.54, 1.807) is 32.6 Å². The van der Waals surface area contributed by atoms with Crippen molar-refractivity contribution in [3.8, 4) is 0 Å². The molecule has 0 aliphatic carbocycles. The predicted octanol–water partition coefficient (Wildman–Crippen LogP) is 3.74. The van der Waals surface area contributed by atoms with Crippen molar-refractivity contribution in [2.45, 2.75) is 77.6 Å². The molecule has 0 aromatic heterocycles. The highest BCUT2D eigenvalue weighted by atomic mass is 16.6. The van der Waals surface area contributed by atoms with E-state index in [-0.39, 0.29) is 29.7 Å². The van der Waals surface area contributed by atoms with E-state index in [1.807, 2.05) is 67.6 Å². The summed E-state index contributed by atoms with van der Waals surface area (Å²) < 4.78 is 5.39. The average molecular weight is 551 g/mol. The monoisotopic (exact) mass is 550 g/mol. The lowest BCUT2D eigenvalue weighted by Gasteiger charge is -2.34. The number of hydrogen-bond donors (Lipinski definition) is 3. The largest absolute Gasteiger partial charge is 0.444 e. The average Bonchev–Trinajstić information content (AvgIpc) is 2.92. The van der Waals surface area contributed by atoms with Crippen LogP contribution in [0.3, 0.4) is 0 Å². The first-order valence-electron chi connectivity index (χ1n) is 13.9. The van der Waals surface area contributed by atoms with Crippen LogP contribution in [-0.4, -0.2) is 59.5 Å². The number of likely N-dealkylation sites (tertiary alicyclic amines) is 1. The van der Waals surface area contributed by atoms with Crippen molar-refractivity contribution in [3.63, 3.8) is 0 Å². The minimum Gasteiger partial charge on any atom is -0.444 e. The Balaban J connectivity index is 1.53. The summed E-state index contributed by atoms with van der Waals surface area (Å²) in [6, 6.07) is 17.5. The molecule has 0 saturated carbocycles. The fraction of sp³-hybridized carbons (Fsp3) is 0.484. The van der Waals surface area contributed by atoms with Crippen molar-refractivity contribution in [1.82, 2.24) is 20.9 Å². The van der Waals surface area contributed by atoms with Crippen LogP contribution in [0.5, 0.6) is 0 Å². The molecule has 40 heavy (non-hydrogen) atoms. The van der Waals surface area contributed by atoms with E-state index in [4.69, 9.17) is 4.74 Å². The maximum atomic E-state index is 13.5. The van der Waals surface area contributed by atoms with Gasteiger partial charge in [-0.15, -0.1) is 0 Å². The summed E-state index contributed by atoms with van der Waals surface area (Å²) in [6.07, 6.45) is 0.617. The van der Waals surface area contributed by atoms with Crippen molar-refractivity contribution < 1.29 is 23.9 Å². The molecule has 0 bridgehead atoms. The van der Waals surface area contributed by atoms with Gasteiger partial charge in [0.15, 0.2) is 0 Å². The summed E-state index contributed by atoms with van der Waals surface area (Å²) in [5.41, 5.74) is 1.21. The van der Waals surface area contributed by atoms with Gasteiger partial charge in [0, 0.05) is 25.4 Å². The molecule has 1 saturated heterocycles. The zero-order valence-electron chi connectivity index (χ0n) is 24.1. The third-order valence-corrected chi connectivity index (χ3v) is 6.86. The van der Waals surface area contributed by atoms with Gasteiger partial charge in [0.1, 0.15) is 17.7 Å². The highest BCUT2D eigenvalue weighted by Gasteiger charge is 2.33. The number of ether oxygens (including phenoxy) is 1. The Morgan fingerprint density at radius 1 is 0.875 bits per heavy atom. The van der Waals surface area contributed by atoms with E-state index in [0.717, 1.165) is 11.1 Å². The second kappa shape index (κ2) is 14.0. The van der Waals surface area contributed by atoms with Crippen LogP contribution in [0.2, 0.25) is 0 Å². The highest BCUT2D eigenvalue weighted by molar-refractivity contribution is 5.89. The Morgan fingerprint density at radius 3 is 2.02 bits per heavy atom. The molecule has 3 rings (SSSR count). The van der Waals surface area contributed by atoms with Crippen molar-refractivity contribution >= 4 is 23.8 Å². The zero-order valence-corrected chi connectivity index (χ0v) is 24.1. The molecular formula is C31H42N4O5. The van der Waals surface area contributed by atoms with Gasteiger partial charge in [0.05, 0.1) is 6.04 Å². The molecule has 1 unspecified atom stereocenters. The van der Waals surface area contributed by atoms with Gasteiger partial charge in [-0.1, -0.05) is 60.7 Å². The summed E-state index contributed by atoms with van der Waals surface area (Å²) in [4.78, 5) is 53.3. The Hall–Kier alpha value is -3.88. The molecule has 1 aliphatic rings. The smallest absolute Gasteiger partial charge is 0.408 e. The molecule has 4 amide bonds. The van der Waals surface area contributed by atoms with Crippen molar-refractivity contribution in [2.24, 2.45) is 5.92 Å². The zero-order chi connectivity index (χ0) is 29.3. The van der Waals surface area contributed by atoms with Crippen LogP contribution in [-0.2, 0) is 25.5 Å². The summed E-state index contributed by atoms with van der Waals surface area (Å²) in [5.74, 6) is -0.974. The van der Waals surface area contributed by atoms with E-state index in [0.29, 0.717) is 32.4 Å². The first-order valence-corrected chi connectivity index (χ1v) is 13.9. The number of nitrogens with one attached hydrogen (secondary N) is 3. The SMILES string of the molecule is CC(NC(=O)[C@H](C)NC(=O)C1CCN(C(=O)[C@H](Cc2ccccc2)NC(=O)OC(C)(C)C)CC1)c1ccccc1. The van der Waals surface area contributed by atoms with E-state index in [1.165, 1.54) is 0 Å². The molecule has 3 atom stereocenters. The highest BCUT2D eigenvalue weighted by Crippen LogP contribution is 2.20. The number of hydrogen-bond acceptors (Lipinski definition) is 5. The number of carbonyl (C=O) groups excluding carboxylic acids is 4. The van der Waals surface area contributed by atoms with Gasteiger partial charge in [-0.25, -0.2) is 4.79 Å². The molecular weight excluding hydrogens is 508 g/mol. The van der Waals surface area contributed by atoms with Crippen LogP contribution >= 0.6 is 0 Å². The second-order valence-electron chi connectivity index (χ2n) is 11.4. The summed E-state index contributed by atoms with van der Waals surface area (Å²) in [7, 11) is 0. The molecule has 9 nitrogen and oxygen atoms in total. The molecule has 2 aromatic rings. The molecule has 0 spiro atoms. The second-order valence-corrected chi connectivity index (χ2v) is 11.4. The Morgan fingerprint density at radius 2 is 1.45 bits per heavy atom. The van der Waals surface area contributed by atoms with Gasteiger partial charge in [0.25, 0.3) is 0 Å². The maximum absolute atomic E-state index is 13.5. The molecule has 1 fully saturated rings. The van der Waals surface area contributed by atoms with Gasteiger partial charge in [-0.2, -0.15) is 0 Å². The number of carbonyl (C=O) groups is 4. The van der Waals surface area contributed by atoms with Gasteiger partial charge < -0.3 is 25.6 Å². The topological polar surface area (TPSA) is 117 Å². The number of amides is 4. The third-order valence-electron chi connectivity index (χ3n) is 6.86. The maximum Gasteiger partial charge on any atom is 0.408 e. The standard InChI is InChI=1S/C31H42N4O5/c1-21(24-14-10-7-11-15-24)32-27(36)22(2)33-28(37)25-16-18-35(19-17-25)29(38)26(20-23-12-8-6-9-13-23)34-30(39)40-31(3,4)5/h6-15,21-22,25-26H,16-20H2,1-5H3,(H,32,36)(H,33,37)(H,34,39)/t21?,22-,26-/m0/s1. The predicted molar refractivity (Wildman–Crippen MR) is 153 cm³/mol. The van der Waals surface area contributed by atoms with Gasteiger partial charge in [-0.3, -0.25) is 14.4 Å². The molecule has 2 aromatic carbocycles. The Kier molecular flexibility index (Phi) is 10.7. The van der Waals surface area contributed by atoms with Crippen LogP contribution in [0.15, 0.2) is 60.7 Å². The first-order chi connectivity index (χ1) is 18.9. The van der Waals surface area contributed by atoms with Crippen LogP contribution in [0.25, 0.3) is 0 Å². The fourth-order valence-electron chi connectivity index (χ4n) is 4.64. The molecule has 3 N–H and O–H groups in total. The lowest BCUT2D eigenvalue weighted by atomic mass is 9.94. The summed E-state index contributed by atoms with van der Waals surface area (Å²) >= 11 is 0. The Bertz CT molecular complexity index is 1140. The van der Waals surface area contributed by atoms with Gasteiger partial charge in [-0.05, 0) is 58.6 Å². The first kappa shape index (κ1) is 30.7. The Labute approximate surface area is 237 Å². The molecule has 9 heteroatoms. The van der Waals surface area contributed by atoms with E-state index in [9.17, 15) is 19.2 Å². The molecule has 0 radical (unpaired) electrons. The lowest BCUT2D eigenvalue weighted by Crippen LogP contribution is -2.54. The van der Waals surface area contributed by atoms with Crippen molar-refractivity contribution in [1.29, 1.82) is 0 Å². The molecule has 1 aliphatic heterocycles. The van der Waals surface area contributed by atoms with Crippen LogP contribution in [0, 0.1) is 5.92 Å². The van der Waals surface area contributed by atoms with E-state index < -0.39 is 23.8 Å². The quantitative estimate of drug-likeness (QED) is 0.440. The minimum absolute atomic E-state index is 0.180. The minimum atomic E-state index is -0.794. The molecule has 216 valence electrons. The fourth-order valence-corrected chi connectivity index (χ4v) is 4.64. The normalized spacial score (nSPS) is 16.3. The van der Waals surface area contributed by atoms with Crippen LogP contribution in [0.1, 0.15) is 64.6 Å². The number of rotatable bonds is 9. The third kappa shape index (κ3) is 9.39. The number of benzene rings is 2. The van der Waals surface area contributed by atoms with Crippen molar-refractivity contribution in [3.05, 3.63) is 71.8 Å². The van der Waals surface area contributed by atoms with Crippen molar-refractivity contribution in [2.75, 3.05) is 13.1 Å². The van der Waals surface area contributed by atoms with Crippen LogP contribution < -0.4 is 16.0 Å². The van der Waals surface area contributed by atoms with E-state index in [2.05, 4.69) is 16.0 Å². The lowest BCUT2D eigenvalue weighted by molar-refractivity contribution is -0.138. The van der Waals surface area contributed by atoms with Crippen LogP contribution in [0.4, 0.5) is 4.79 Å². The van der Waals surface area contributed by atoms with E-state index >= 15 is 0 Å². The van der Waals surface area contributed by atoms with Gasteiger partial charge in [0.2, 0.25) is 17.7 Å². The summed E-state index contributed by atoms with van der Waals surface area (Å²) in [5, 5.41) is 8.51. The molecule has 1 heterocycles. The number of piperidine rings is 1.